The van der Waals surface area contributed by atoms with Crippen molar-refractivity contribution in [3.05, 3.63) is 64.1 Å². The van der Waals surface area contributed by atoms with Gasteiger partial charge in [-0.25, -0.2) is 0 Å². The second-order valence-electron chi connectivity index (χ2n) is 4.86. The topological polar surface area (TPSA) is 21.3 Å². The van der Waals surface area contributed by atoms with Crippen molar-refractivity contribution in [1.29, 1.82) is 0 Å². The van der Waals surface area contributed by atoms with Crippen LogP contribution in [0, 0.1) is 0 Å². The monoisotopic (exact) mass is 333 g/mol. The molecule has 106 valence electrons. The minimum atomic E-state index is 0.264. The van der Waals surface area contributed by atoms with Crippen LogP contribution in [0.1, 0.15) is 30.0 Å². The SMILES string of the molecule is CNC(c1ccc(OC)c(Br)c1)C(C)c1ccccc1. The molecule has 1 N–H and O–H groups in total. The van der Waals surface area contributed by atoms with Gasteiger partial charge in [0.25, 0.3) is 0 Å². The van der Waals surface area contributed by atoms with E-state index in [9.17, 15) is 0 Å². The van der Waals surface area contributed by atoms with Crippen molar-refractivity contribution in [2.24, 2.45) is 0 Å². The summed E-state index contributed by atoms with van der Waals surface area (Å²) in [6.07, 6.45) is 0. The average Bonchev–Trinajstić information content (AvgIpc) is 2.49. The van der Waals surface area contributed by atoms with Crippen LogP contribution in [0.15, 0.2) is 53.0 Å². The van der Waals surface area contributed by atoms with Gasteiger partial charge in [0, 0.05) is 12.0 Å². The number of halogens is 1. The summed E-state index contributed by atoms with van der Waals surface area (Å²) in [5.74, 6) is 1.25. The number of likely N-dealkylation sites (N-methyl/N-ethyl adjacent to an activating group) is 1. The molecule has 2 rings (SSSR count). The Kier molecular flexibility index (Phi) is 5.21. The first-order valence-electron chi connectivity index (χ1n) is 6.73. The number of hydrogen-bond acceptors (Lipinski definition) is 2. The Hall–Kier alpha value is -1.32. The van der Waals surface area contributed by atoms with Gasteiger partial charge < -0.3 is 10.1 Å². The van der Waals surface area contributed by atoms with Crippen molar-refractivity contribution in [3.8, 4) is 5.75 Å². The molecular formula is C17H20BrNO. The molecule has 0 heterocycles. The van der Waals surface area contributed by atoms with Gasteiger partial charge in [-0.15, -0.1) is 0 Å². The van der Waals surface area contributed by atoms with Gasteiger partial charge in [0.1, 0.15) is 5.75 Å². The Morgan fingerprint density at radius 1 is 1.05 bits per heavy atom. The first-order valence-corrected chi connectivity index (χ1v) is 7.52. The first-order chi connectivity index (χ1) is 9.67. The van der Waals surface area contributed by atoms with E-state index in [0.29, 0.717) is 5.92 Å². The molecule has 2 aromatic rings. The number of ether oxygens (including phenoxy) is 1. The molecule has 0 bridgehead atoms. The second kappa shape index (κ2) is 6.91. The summed E-state index contributed by atoms with van der Waals surface area (Å²) >= 11 is 3.56. The maximum atomic E-state index is 5.29. The van der Waals surface area contributed by atoms with Crippen LogP contribution in [-0.2, 0) is 0 Å². The molecule has 2 atom stereocenters. The van der Waals surface area contributed by atoms with Gasteiger partial charge in [-0.1, -0.05) is 43.3 Å². The van der Waals surface area contributed by atoms with E-state index in [1.54, 1.807) is 7.11 Å². The zero-order valence-electron chi connectivity index (χ0n) is 12.1. The van der Waals surface area contributed by atoms with Gasteiger partial charge in [0.05, 0.1) is 11.6 Å². The molecule has 0 fully saturated rings. The van der Waals surface area contributed by atoms with Crippen LogP contribution in [0.5, 0.6) is 5.75 Å². The zero-order valence-corrected chi connectivity index (χ0v) is 13.6. The molecule has 0 radical (unpaired) electrons. The fourth-order valence-electron chi connectivity index (χ4n) is 2.53. The standard InChI is InChI=1S/C17H20BrNO/c1-12(13-7-5-4-6-8-13)17(19-2)14-9-10-16(20-3)15(18)11-14/h4-12,17,19H,1-3H3. The van der Waals surface area contributed by atoms with E-state index in [4.69, 9.17) is 4.74 Å². The van der Waals surface area contributed by atoms with Crippen molar-refractivity contribution < 1.29 is 4.74 Å². The summed E-state index contributed by atoms with van der Waals surface area (Å²) in [5, 5.41) is 3.42. The molecule has 0 amide bonds. The Morgan fingerprint density at radius 3 is 2.30 bits per heavy atom. The van der Waals surface area contributed by atoms with Crippen LogP contribution < -0.4 is 10.1 Å². The van der Waals surface area contributed by atoms with E-state index in [-0.39, 0.29) is 6.04 Å². The highest BCUT2D eigenvalue weighted by atomic mass is 79.9. The van der Waals surface area contributed by atoms with Crippen molar-refractivity contribution in [2.45, 2.75) is 18.9 Å². The summed E-state index contributed by atoms with van der Waals surface area (Å²) < 4.78 is 6.28. The maximum Gasteiger partial charge on any atom is 0.133 e. The van der Waals surface area contributed by atoms with E-state index >= 15 is 0 Å². The number of rotatable bonds is 5. The lowest BCUT2D eigenvalue weighted by molar-refractivity contribution is 0.411. The van der Waals surface area contributed by atoms with Gasteiger partial charge in [-0.3, -0.25) is 0 Å². The molecule has 3 heteroatoms. The molecule has 0 saturated heterocycles. The van der Waals surface area contributed by atoms with E-state index in [1.165, 1.54) is 11.1 Å². The van der Waals surface area contributed by atoms with Gasteiger partial charge in [-0.2, -0.15) is 0 Å². The average molecular weight is 334 g/mol. The van der Waals surface area contributed by atoms with Crippen LogP contribution in [0.25, 0.3) is 0 Å². The number of nitrogens with one attached hydrogen (secondary N) is 1. The molecule has 20 heavy (non-hydrogen) atoms. The normalized spacial score (nSPS) is 13.8. The largest absolute Gasteiger partial charge is 0.496 e. The predicted octanol–water partition coefficient (Wildman–Crippen LogP) is 4.52. The van der Waals surface area contributed by atoms with Crippen molar-refractivity contribution in [3.63, 3.8) is 0 Å². The van der Waals surface area contributed by atoms with Crippen LogP contribution in [-0.4, -0.2) is 14.2 Å². The Balaban J connectivity index is 2.30. The fraction of sp³-hybridized carbons (Fsp3) is 0.294. The summed E-state index contributed by atoms with van der Waals surface area (Å²) in [7, 11) is 3.68. The highest BCUT2D eigenvalue weighted by molar-refractivity contribution is 9.10. The highest BCUT2D eigenvalue weighted by Gasteiger charge is 2.19. The highest BCUT2D eigenvalue weighted by Crippen LogP contribution is 2.34. The van der Waals surface area contributed by atoms with E-state index in [2.05, 4.69) is 70.6 Å². The molecule has 2 aromatic carbocycles. The molecule has 0 aliphatic heterocycles. The molecule has 0 aliphatic carbocycles. The maximum absolute atomic E-state index is 5.29. The molecule has 0 spiro atoms. The van der Waals surface area contributed by atoms with Crippen molar-refractivity contribution >= 4 is 15.9 Å². The van der Waals surface area contributed by atoms with Gasteiger partial charge in [0.2, 0.25) is 0 Å². The Labute approximate surface area is 129 Å². The Bertz CT molecular complexity index is 556. The molecule has 2 unspecified atom stereocenters. The van der Waals surface area contributed by atoms with Crippen molar-refractivity contribution in [2.75, 3.05) is 14.2 Å². The van der Waals surface area contributed by atoms with Crippen LogP contribution in [0.4, 0.5) is 0 Å². The lowest BCUT2D eigenvalue weighted by atomic mass is 9.88. The van der Waals surface area contributed by atoms with E-state index in [1.807, 2.05) is 13.1 Å². The van der Waals surface area contributed by atoms with Gasteiger partial charge >= 0.3 is 0 Å². The lowest BCUT2D eigenvalue weighted by Gasteiger charge is -2.25. The summed E-state index contributed by atoms with van der Waals surface area (Å²) in [6, 6.07) is 17.1. The number of methoxy groups -OCH3 is 1. The van der Waals surface area contributed by atoms with Crippen molar-refractivity contribution in [1.82, 2.24) is 5.32 Å². The van der Waals surface area contributed by atoms with Crippen LogP contribution in [0.3, 0.4) is 0 Å². The predicted molar refractivity (Wildman–Crippen MR) is 87.4 cm³/mol. The molecule has 2 nitrogen and oxygen atoms in total. The van der Waals surface area contributed by atoms with E-state index in [0.717, 1.165) is 10.2 Å². The number of hydrogen-bond donors (Lipinski definition) is 1. The summed E-state index contributed by atoms with van der Waals surface area (Å²) in [6.45, 7) is 2.24. The van der Waals surface area contributed by atoms with Crippen LogP contribution in [0.2, 0.25) is 0 Å². The van der Waals surface area contributed by atoms with Gasteiger partial charge in [-0.05, 0) is 46.2 Å². The second-order valence-corrected chi connectivity index (χ2v) is 5.71. The molecule has 0 aliphatic rings. The smallest absolute Gasteiger partial charge is 0.133 e. The number of benzene rings is 2. The molecular weight excluding hydrogens is 314 g/mol. The molecule has 0 aromatic heterocycles. The third kappa shape index (κ3) is 3.22. The third-order valence-electron chi connectivity index (χ3n) is 3.67. The minimum Gasteiger partial charge on any atom is -0.496 e. The fourth-order valence-corrected chi connectivity index (χ4v) is 3.09. The van der Waals surface area contributed by atoms with Gasteiger partial charge in [0.15, 0.2) is 0 Å². The lowest BCUT2D eigenvalue weighted by Crippen LogP contribution is -2.22. The third-order valence-corrected chi connectivity index (χ3v) is 4.29. The van der Waals surface area contributed by atoms with Crippen LogP contribution >= 0.6 is 15.9 Å². The molecule has 0 saturated carbocycles. The summed E-state index contributed by atoms with van der Waals surface area (Å²) in [4.78, 5) is 0. The van der Waals surface area contributed by atoms with E-state index < -0.39 is 0 Å². The summed E-state index contributed by atoms with van der Waals surface area (Å²) in [5.41, 5.74) is 2.58. The first kappa shape index (κ1) is 15.1. The minimum absolute atomic E-state index is 0.264. The Morgan fingerprint density at radius 2 is 1.75 bits per heavy atom. The quantitative estimate of drug-likeness (QED) is 0.868. The zero-order chi connectivity index (χ0) is 14.5.